The van der Waals surface area contributed by atoms with Gasteiger partial charge in [-0.3, -0.25) is 4.18 Å². The average molecular weight is 294 g/mol. The topological polar surface area (TPSA) is 63.6 Å². The van der Waals surface area contributed by atoms with E-state index in [9.17, 15) is 17.2 Å². The first-order valence-electron chi connectivity index (χ1n) is 5.72. The Morgan fingerprint density at radius 1 is 1.21 bits per heavy atom. The van der Waals surface area contributed by atoms with Crippen LogP contribution in [0.1, 0.15) is 18.4 Å². The molecular formula is C12H16F2O4S. The molecule has 7 heteroatoms. The van der Waals surface area contributed by atoms with Crippen molar-refractivity contribution in [1.82, 2.24) is 0 Å². The lowest BCUT2D eigenvalue weighted by Gasteiger charge is -2.14. The average Bonchev–Trinajstić information content (AvgIpc) is 2.28. The summed E-state index contributed by atoms with van der Waals surface area (Å²) in [6, 6.07) is 5.90. The molecule has 1 aromatic carbocycles. The van der Waals surface area contributed by atoms with Gasteiger partial charge in [-0.25, -0.2) is 8.78 Å². The first kappa shape index (κ1) is 16.0. The molecule has 0 aliphatic rings. The molecule has 19 heavy (non-hydrogen) atoms. The van der Waals surface area contributed by atoms with E-state index in [2.05, 4.69) is 4.18 Å². The van der Waals surface area contributed by atoms with Gasteiger partial charge in [0.25, 0.3) is 16.0 Å². The SMILES string of the molecule is Cc1ccc(S(=O)(=O)OCCC(F)(F)CCO)cc1. The van der Waals surface area contributed by atoms with Crippen LogP contribution in [-0.4, -0.2) is 32.7 Å². The number of aryl methyl sites for hydroxylation is 1. The second-order valence-corrected chi connectivity index (χ2v) is 5.78. The highest BCUT2D eigenvalue weighted by atomic mass is 32.2. The molecule has 1 aromatic rings. The molecule has 1 N–H and O–H groups in total. The Hall–Kier alpha value is -1.05. The maximum Gasteiger partial charge on any atom is 0.296 e. The van der Waals surface area contributed by atoms with Crippen LogP contribution in [0.25, 0.3) is 0 Å². The predicted molar refractivity (Wildman–Crippen MR) is 65.6 cm³/mol. The van der Waals surface area contributed by atoms with Crippen molar-refractivity contribution in [3.05, 3.63) is 29.8 Å². The summed E-state index contributed by atoms with van der Waals surface area (Å²) in [4.78, 5) is -0.0661. The molecule has 0 amide bonds. The van der Waals surface area contributed by atoms with Crippen LogP contribution >= 0.6 is 0 Å². The fraction of sp³-hybridized carbons (Fsp3) is 0.500. The van der Waals surface area contributed by atoms with Crippen LogP contribution in [0.2, 0.25) is 0 Å². The standard InChI is InChI=1S/C12H16F2O4S/c1-10-2-4-11(5-3-10)19(16,17)18-9-7-12(13,14)6-8-15/h2-5,15H,6-9H2,1H3. The largest absolute Gasteiger partial charge is 0.396 e. The van der Waals surface area contributed by atoms with Gasteiger partial charge < -0.3 is 5.11 Å². The number of rotatable bonds is 7. The van der Waals surface area contributed by atoms with Crippen molar-refractivity contribution in [1.29, 1.82) is 0 Å². The maximum atomic E-state index is 13.0. The minimum Gasteiger partial charge on any atom is -0.396 e. The zero-order valence-corrected chi connectivity index (χ0v) is 11.3. The monoisotopic (exact) mass is 294 g/mol. The van der Waals surface area contributed by atoms with Gasteiger partial charge in [0.2, 0.25) is 0 Å². The fourth-order valence-electron chi connectivity index (χ4n) is 1.36. The van der Waals surface area contributed by atoms with Crippen molar-refractivity contribution in [2.75, 3.05) is 13.2 Å². The molecule has 0 aliphatic heterocycles. The molecular weight excluding hydrogens is 278 g/mol. The highest BCUT2D eigenvalue weighted by molar-refractivity contribution is 7.86. The van der Waals surface area contributed by atoms with Crippen molar-refractivity contribution in [3.8, 4) is 0 Å². The number of hydrogen-bond donors (Lipinski definition) is 1. The van der Waals surface area contributed by atoms with Gasteiger partial charge in [-0.1, -0.05) is 17.7 Å². The molecule has 108 valence electrons. The lowest BCUT2D eigenvalue weighted by Crippen LogP contribution is -2.21. The van der Waals surface area contributed by atoms with E-state index in [0.717, 1.165) is 5.56 Å². The Labute approximate surface area is 111 Å². The van der Waals surface area contributed by atoms with Crippen LogP contribution in [-0.2, 0) is 14.3 Å². The van der Waals surface area contributed by atoms with Crippen LogP contribution in [0.5, 0.6) is 0 Å². The predicted octanol–water partition coefficient (Wildman–Crippen LogP) is 2.11. The lowest BCUT2D eigenvalue weighted by molar-refractivity contribution is -0.0372. The van der Waals surface area contributed by atoms with Crippen LogP contribution in [0.4, 0.5) is 8.78 Å². The molecule has 0 radical (unpaired) electrons. The third-order valence-corrected chi connectivity index (χ3v) is 3.82. The number of benzene rings is 1. The summed E-state index contributed by atoms with van der Waals surface area (Å²) in [6.07, 6.45) is -1.46. The van der Waals surface area contributed by atoms with E-state index in [1.807, 2.05) is 0 Å². The summed E-state index contributed by atoms with van der Waals surface area (Å²) in [6.45, 7) is 0.521. The number of aliphatic hydroxyl groups is 1. The second-order valence-electron chi connectivity index (χ2n) is 4.17. The third-order valence-electron chi connectivity index (χ3n) is 2.49. The van der Waals surface area contributed by atoms with Crippen LogP contribution < -0.4 is 0 Å². The molecule has 0 atom stereocenters. The summed E-state index contributed by atoms with van der Waals surface area (Å²) < 4.78 is 53.9. The normalized spacial score (nSPS) is 12.6. The second kappa shape index (κ2) is 6.40. The number of hydrogen-bond acceptors (Lipinski definition) is 4. The summed E-state index contributed by atoms with van der Waals surface area (Å²) >= 11 is 0. The van der Waals surface area contributed by atoms with Crippen molar-refractivity contribution in [3.63, 3.8) is 0 Å². The van der Waals surface area contributed by atoms with Crippen LogP contribution in [0.3, 0.4) is 0 Å². The van der Waals surface area contributed by atoms with E-state index in [-0.39, 0.29) is 4.90 Å². The summed E-state index contributed by atoms with van der Waals surface area (Å²) in [5.41, 5.74) is 0.883. The minimum atomic E-state index is -4.01. The Morgan fingerprint density at radius 3 is 2.32 bits per heavy atom. The molecule has 0 aliphatic carbocycles. The van der Waals surface area contributed by atoms with Crippen LogP contribution in [0, 0.1) is 6.92 Å². The molecule has 0 unspecified atom stereocenters. The zero-order chi connectivity index (χ0) is 14.5. The highest BCUT2D eigenvalue weighted by Gasteiger charge is 2.28. The van der Waals surface area contributed by atoms with E-state index >= 15 is 0 Å². The third kappa shape index (κ3) is 5.22. The van der Waals surface area contributed by atoms with Crippen molar-refractivity contribution >= 4 is 10.1 Å². The van der Waals surface area contributed by atoms with Crippen molar-refractivity contribution in [2.24, 2.45) is 0 Å². The number of halogens is 2. The Kier molecular flexibility index (Phi) is 5.39. The van der Waals surface area contributed by atoms with Gasteiger partial charge in [0.05, 0.1) is 11.5 Å². The van der Waals surface area contributed by atoms with Gasteiger partial charge in [-0.05, 0) is 19.1 Å². The molecule has 0 heterocycles. The van der Waals surface area contributed by atoms with Gasteiger partial charge in [0.15, 0.2) is 0 Å². The smallest absolute Gasteiger partial charge is 0.296 e. The van der Waals surface area contributed by atoms with Gasteiger partial charge in [0, 0.05) is 19.4 Å². The molecule has 4 nitrogen and oxygen atoms in total. The summed E-state index contributed by atoms with van der Waals surface area (Å²) in [7, 11) is -4.01. The zero-order valence-electron chi connectivity index (χ0n) is 10.5. The molecule has 0 saturated carbocycles. The molecule has 0 saturated heterocycles. The van der Waals surface area contributed by atoms with Gasteiger partial charge in [-0.2, -0.15) is 8.42 Å². The molecule has 1 rings (SSSR count). The Morgan fingerprint density at radius 2 is 1.79 bits per heavy atom. The maximum absolute atomic E-state index is 13.0. The first-order valence-corrected chi connectivity index (χ1v) is 7.12. The van der Waals surface area contributed by atoms with E-state index in [4.69, 9.17) is 5.11 Å². The fourth-order valence-corrected chi connectivity index (χ4v) is 2.27. The quantitative estimate of drug-likeness (QED) is 0.782. The van der Waals surface area contributed by atoms with E-state index in [1.54, 1.807) is 19.1 Å². The Bertz CT molecular complexity index is 497. The van der Waals surface area contributed by atoms with Gasteiger partial charge in [-0.15, -0.1) is 0 Å². The van der Waals surface area contributed by atoms with Crippen molar-refractivity contribution < 1.29 is 26.5 Å². The van der Waals surface area contributed by atoms with Crippen molar-refractivity contribution in [2.45, 2.75) is 30.6 Å². The lowest BCUT2D eigenvalue weighted by atomic mass is 10.2. The van der Waals surface area contributed by atoms with E-state index < -0.39 is 42.1 Å². The van der Waals surface area contributed by atoms with E-state index in [1.165, 1.54) is 12.1 Å². The number of alkyl halides is 2. The van der Waals surface area contributed by atoms with E-state index in [0.29, 0.717) is 0 Å². The molecule has 0 aromatic heterocycles. The van der Waals surface area contributed by atoms with Crippen LogP contribution in [0.15, 0.2) is 29.2 Å². The molecule has 0 fully saturated rings. The Balaban J connectivity index is 2.59. The minimum absolute atomic E-state index is 0.0661. The summed E-state index contributed by atoms with van der Waals surface area (Å²) in [5.74, 6) is -3.13. The highest BCUT2D eigenvalue weighted by Crippen LogP contribution is 2.23. The molecule has 0 bridgehead atoms. The van der Waals surface area contributed by atoms with Gasteiger partial charge in [0.1, 0.15) is 0 Å². The summed E-state index contributed by atoms with van der Waals surface area (Å²) in [5, 5.41) is 8.43. The van der Waals surface area contributed by atoms with Gasteiger partial charge >= 0.3 is 0 Å². The molecule has 0 spiro atoms. The number of aliphatic hydroxyl groups excluding tert-OH is 1. The first-order chi connectivity index (χ1) is 8.77.